The van der Waals surface area contributed by atoms with E-state index in [1.807, 2.05) is 6.07 Å². The summed E-state index contributed by atoms with van der Waals surface area (Å²) in [6.07, 6.45) is 4.34. The number of benzene rings is 2. The molecule has 2 N–H and O–H groups in total. The number of rotatable bonds is 3. The van der Waals surface area contributed by atoms with Crippen LogP contribution in [0.25, 0.3) is 5.69 Å². The summed E-state index contributed by atoms with van der Waals surface area (Å²) in [5.74, 6) is -0.784. The van der Waals surface area contributed by atoms with Crippen molar-refractivity contribution in [1.29, 1.82) is 0 Å². The molecule has 1 aliphatic heterocycles. The lowest BCUT2D eigenvalue weighted by atomic mass is 9.72. The zero-order valence-corrected chi connectivity index (χ0v) is 14.8. The largest absolute Gasteiger partial charge is 0.492 e. The number of carbonyl (C=O) groups is 1. The molecule has 0 saturated heterocycles. The molecule has 2 aromatic carbocycles. The van der Waals surface area contributed by atoms with E-state index in [-0.39, 0.29) is 17.1 Å². The number of halogens is 1. The summed E-state index contributed by atoms with van der Waals surface area (Å²) in [6.45, 7) is 0. The van der Waals surface area contributed by atoms with Crippen LogP contribution < -0.4 is 10.8 Å². The summed E-state index contributed by atoms with van der Waals surface area (Å²) < 4.78 is 20.2. The number of hydrogen-bond donors (Lipinski definition) is 2. The fraction of sp³-hybridized carbons (Fsp3) is 0.211. The first-order valence-corrected chi connectivity index (χ1v) is 9.04. The maximum atomic E-state index is 13.0. The Labute approximate surface area is 160 Å². The molecule has 140 valence electrons. The van der Waals surface area contributed by atoms with Gasteiger partial charge in [0.25, 0.3) is 5.91 Å². The molecule has 9 heteroatoms. The van der Waals surface area contributed by atoms with E-state index >= 15 is 0 Å². The molecule has 2 aliphatic rings. The van der Waals surface area contributed by atoms with E-state index in [1.165, 1.54) is 23.0 Å². The third-order valence-electron chi connectivity index (χ3n) is 5.38. The maximum absolute atomic E-state index is 13.0. The lowest BCUT2D eigenvalue weighted by molar-refractivity contribution is -0.0152. The highest BCUT2D eigenvalue weighted by atomic mass is 19.1. The minimum atomic E-state index is -0.980. The fourth-order valence-corrected chi connectivity index (χ4v) is 3.77. The molecule has 1 amide bonds. The minimum Gasteiger partial charge on any atom is -0.423 e. The molecule has 2 heterocycles. The highest BCUT2D eigenvalue weighted by molar-refractivity contribution is 6.62. The van der Waals surface area contributed by atoms with E-state index < -0.39 is 13.0 Å². The van der Waals surface area contributed by atoms with Crippen LogP contribution in [0.1, 0.15) is 35.3 Å². The zero-order chi connectivity index (χ0) is 19.3. The molecule has 1 aromatic heterocycles. The topological polar surface area (TPSA) is 89.3 Å². The molecular formula is C19H16BFN4O3. The molecule has 1 saturated carbocycles. The van der Waals surface area contributed by atoms with E-state index in [9.17, 15) is 14.2 Å². The summed E-state index contributed by atoms with van der Waals surface area (Å²) >= 11 is 0. The molecule has 0 radical (unpaired) electrons. The van der Waals surface area contributed by atoms with Gasteiger partial charge in [-0.1, -0.05) is 11.3 Å². The van der Waals surface area contributed by atoms with Gasteiger partial charge >= 0.3 is 7.12 Å². The van der Waals surface area contributed by atoms with Gasteiger partial charge in [0.05, 0.1) is 17.5 Å². The summed E-state index contributed by atoms with van der Waals surface area (Å²) in [6, 6.07) is 11.1. The molecule has 28 heavy (non-hydrogen) atoms. The fourth-order valence-electron chi connectivity index (χ4n) is 3.77. The Balaban J connectivity index is 1.35. The van der Waals surface area contributed by atoms with E-state index in [0.717, 1.165) is 24.8 Å². The normalized spacial score (nSPS) is 16.7. The lowest BCUT2D eigenvalue weighted by Crippen LogP contribution is -2.35. The number of fused-ring (bicyclic) bond motifs is 2. The quantitative estimate of drug-likeness (QED) is 0.678. The van der Waals surface area contributed by atoms with Crippen molar-refractivity contribution in [2.75, 3.05) is 5.32 Å². The van der Waals surface area contributed by atoms with E-state index in [4.69, 9.17) is 4.65 Å². The second kappa shape index (κ2) is 6.25. The Kier molecular flexibility index (Phi) is 3.82. The van der Waals surface area contributed by atoms with Crippen molar-refractivity contribution < 1.29 is 18.9 Å². The summed E-state index contributed by atoms with van der Waals surface area (Å²) in [5.41, 5.74) is 2.57. The molecule has 1 aliphatic carbocycles. The van der Waals surface area contributed by atoms with Gasteiger partial charge in [0.15, 0.2) is 5.69 Å². The van der Waals surface area contributed by atoms with Crippen LogP contribution in [0.15, 0.2) is 48.7 Å². The van der Waals surface area contributed by atoms with E-state index in [0.29, 0.717) is 16.8 Å². The first-order valence-electron chi connectivity index (χ1n) is 9.04. The van der Waals surface area contributed by atoms with E-state index in [2.05, 4.69) is 15.6 Å². The van der Waals surface area contributed by atoms with Crippen LogP contribution in [0.2, 0.25) is 0 Å². The average molecular weight is 378 g/mol. The highest BCUT2D eigenvalue weighted by Gasteiger charge is 2.50. The molecular weight excluding hydrogens is 362 g/mol. The molecule has 0 bridgehead atoms. The molecule has 0 unspecified atom stereocenters. The predicted octanol–water partition coefficient (Wildman–Crippen LogP) is 1.76. The van der Waals surface area contributed by atoms with Crippen molar-refractivity contribution in [2.45, 2.75) is 24.9 Å². The monoisotopic (exact) mass is 378 g/mol. The number of anilines is 1. The van der Waals surface area contributed by atoms with Gasteiger partial charge < -0.3 is 15.0 Å². The van der Waals surface area contributed by atoms with Crippen molar-refractivity contribution >= 4 is 24.2 Å². The van der Waals surface area contributed by atoms with Crippen LogP contribution in [0.5, 0.6) is 0 Å². The maximum Gasteiger partial charge on any atom is 0.492 e. The van der Waals surface area contributed by atoms with Gasteiger partial charge in [-0.2, -0.15) is 0 Å². The Morgan fingerprint density at radius 2 is 2.04 bits per heavy atom. The minimum absolute atomic E-state index is 0.122. The van der Waals surface area contributed by atoms with Crippen molar-refractivity contribution in [3.63, 3.8) is 0 Å². The Hall–Kier alpha value is -3.04. The average Bonchev–Trinajstić information content (AvgIpc) is 3.26. The van der Waals surface area contributed by atoms with Crippen LogP contribution >= 0.6 is 0 Å². The first-order chi connectivity index (χ1) is 13.5. The highest BCUT2D eigenvalue weighted by Crippen LogP contribution is 2.47. The van der Waals surface area contributed by atoms with Crippen molar-refractivity contribution in [2.24, 2.45) is 0 Å². The molecule has 5 rings (SSSR count). The van der Waals surface area contributed by atoms with Gasteiger partial charge in [0, 0.05) is 5.69 Å². The van der Waals surface area contributed by atoms with Crippen LogP contribution in [0, 0.1) is 5.82 Å². The number of carbonyl (C=O) groups excluding carboxylic acids is 1. The molecule has 7 nitrogen and oxygen atoms in total. The third kappa shape index (κ3) is 2.71. The Morgan fingerprint density at radius 3 is 2.75 bits per heavy atom. The van der Waals surface area contributed by atoms with Gasteiger partial charge in [-0.05, 0) is 66.7 Å². The van der Waals surface area contributed by atoms with Gasteiger partial charge in [-0.3, -0.25) is 4.79 Å². The third-order valence-corrected chi connectivity index (χ3v) is 5.38. The SMILES string of the molecule is O=C(Nc1ccc2c(c1)B(O)OC21CCC1)c1cn(-c2ccc(F)cc2)nn1. The van der Waals surface area contributed by atoms with Crippen molar-refractivity contribution in [1.82, 2.24) is 15.0 Å². The van der Waals surface area contributed by atoms with Crippen LogP contribution in [0.4, 0.5) is 10.1 Å². The van der Waals surface area contributed by atoms with E-state index in [1.54, 1.807) is 24.3 Å². The smallest absolute Gasteiger partial charge is 0.423 e. The number of hydrogen-bond acceptors (Lipinski definition) is 5. The molecule has 3 aromatic rings. The molecule has 1 spiro atoms. The first kappa shape index (κ1) is 17.1. The van der Waals surface area contributed by atoms with Gasteiger partial charge in [0.1, 0.15) is 5.82 Å². The number of amides is 1. The zero-order valence-electron chi connectivity index (χ0n) is 14.8. The van der Waals surface area contributed by atoms with Crippen LogP contribution in [0.3, 0.4) is 0 Å². The molecule has 1 fully saturated rings. The summed E-state index contributed by atoms with van der Waals surface area (Å²) in [5, 5.41) is 20.8. The van der Waals surface area contributed by atoms with Gasteiger partial charge in [-0.15, -0.1) is 5.10 Å². The number of nitrogens with zero attached hydrogens (tertiary/aromatic N) is 3. The standard InChI is InChI=1S/C19H16BFN4O3/c21-12-2-5-14(6-3-12)25-11-17(23-24-25)18(26)22-13-4-7-15-16(10-13)20(27)28-19(15)8-1-9-19/h2-7,10-11,27H,1,8-9H2,(H,22,26). The Morgan fingerprint density at radius 1 is 1.25 bits per heavy atom. The second-order valence-electron chi connectivity index (χ2n) is 7.10. The molecule has 0 atom stereocenters. The number of aromatic nitrogens is 3. The number of nitrogens with one attached hydrogen (secondary N) is 1. The van der Waals surface area contributed by atoms with Gasteiger partial charge in [0.2, 0.25) is 0 Å². The van der Waals surface area contributed by atoms with Crippen LogP contribution in [-0.2, 0) is 10.3 Å². The van der Waals surface area contributed by atoms with Crippen molar-refractivity contribution in [3.8, 4) is 5.69 Å². The Bertz CT molecular complexity index is 1070. The van der Waals surface area contributed by atoms with Crippen LogP contribution in [-0.4, -0.2) is 33.0 Å². The lowest BCUT2D eigenvalue weighted by Gasteiger charge is -2.39. The summed E-state index contributed by atoms with van der Waals surface area (Å²) in [7, 11) is -0.980. The second-order valence-corrected chi connectivity index (χ2v) is 7.10. The van der Waals surface area contributed by atoms with Gasteiger partial charge in [-0.25, -0.2) is 9.07 Å². The predicted molar refractivity (Wildman–Crippen MR) is 99.9 cm³/mol. The van der Waals surface area contributed by atoms with Crippen molar-refractivity contribution in [3.05, 3.63) is 65.7 Å². The summed E-state index contributed by atoms with van der Waals surface area (Å²) in [4.78, 5) is 12.5.